The predicted molar refractivity (Wildman–Crippen MR) is 66.1 cm³/mol. The zero-order chi connectivity index (χ0) is 12.2. The maximum Gasteiger partial charge on any atom is 0.238 e. The highest BCUT2D eigenvalue weighted by atomic mass is 16.1. The minimum Gasteiger partial charge on any atom is -0.368 e. The molecule has 0 bridgehead atoms. The molecule has 1 rings (SSSR count). The largest absolute Gasteiger partial charge is 0.368 e. The zero-order valence-electron chi connectivity index (χ0n) is 10.8. The van der Waals surface area contributed by atoms with Gasteiger partial charge in [-0.25, -0.2) is 0 Å². The van der Waals surface area contributed by atoms with Crippen LogP contribution in [0, 0.1) is 5.92 Å². The van der Waals surface area contributed by atoms with Gasteiger partial charge in [0.05, 0.1) is 0 Å². The normalized spacial score (nSPS) is 19.8. The molecule has 0 aromatic rings. The van der Waals surface area contributed by atoms with Crippen LogP contribution in [0.25, 0.3) is 0 Å². The SMILES string of the molecule is CCCNC(C)(CN(C)CC1CC1)C(N)=O. The van der Waals surface area contributed by atoms with Gasteiger partial charge in [-0.05, 0) is 45.7 Å². The summed E-state index contributed by atoms with van der Waals surface area (Å²) in [4.78, 5) is 13.7. The molecule has 16 heavy (non-hydrogen) atoms. The Bertz CT molecular complexity index is 240. The van der Waals surface area contributed by atoms with E-state index in [0.717, 1.165) is 25.4 Å². The number of amides is 1. The first-order valence-corrected chi connectivity index (χ1v) is 6.21. The van der Waals surface area contributed by atoms with Crippen molar-refractivity contribution in [2.24, 2.45) is 11.7 Å². The van der Waals surface area contributed by atoms with E-state index in [-0.39, 0.29) is 5.91 Å². The highest BCUT2D eigenvalue weighted by Crippen LogP contribution is 2.29. The summed E-state index contributed by atoms with van der Waals surface area (Å²) in [5.41, 5.74) is 4.88. The molecule has 1 atom stereocenters. The molecule has 1 aliphatic carbocycles. The summed E-state index contributed by atoms with van der Waals surface area (Å²) in [5.74, 6) is 0.580. The third-order valence-electron chi connectivity index (χ3n) is 3.16. The van der Waals surface area contributed by atoms with Gasteiger partial charge in [0.2, 0.25) is 5.91 Å². The molecule has 94 valence electrons. The molecule has 3 N–H and O–H groups in total. The molecule has 1 unspecified atom stereocenters. The molecular weight excluding hydrogens is 202 g/mol. The minimum atomic E-state index is -0.598. The van der Waals surface area contributed by atoms with E-state index in [9.17, 15) is 4.79 Å². The van der Waals surface area contributed by atoms with E-state index >= 15 is 0 Å². The number of nitrogens with one attached hydrogen (secondary N) is 1. The molecule has 1 saturated carbocycles. The predicted octanol–water partition coefficient (Wildman–Crippen LogP) is 0.572. The summed E-state index contributed by atoms with van der Waals surface area (Å²) in [7, 11) is 2.06. The Labute approximate surface area is 98.6 Å². The van der Waals surface area contributed by atoms with Gasteiger partial charge in [-0.3, -0.25) is 4.79 Å². The van der Waals surface area contributed by atoms with E-state index in [4.69, 9.17) is 5.73 Å². The second-order valence-corrected chi connectivity index (χ2v) is 5.26. The Kier molecular flexibility index (Phi) is 4.74. The molecule has 0 heterocycles. The van der Waals surface area contributed by atoms with Gasteiger partial charge in [-0.2, -0.15) is 0 Å². The molecule has 0 radical (unpaired) electrons. The van der Waals surface area contributed by atoms with Crippen molar-refractivity contribution in [3.8, 4) is 0 Å². The average Bonchev–Trinajstić information content (AvgIpc) is 2.98. The van der Waals surface area contributed by atoms with Crippen LogP contribution in [0.2, 0.25) is 0 Å². The van der Waals surface area contributed by atoms with Crippen molar-refractivity contribution in [2.75, 3.05) is 26.7 Å². The van der Waals surface area contributed by atoms with Crippen LogP contribution in [0.1, 0.15) is 33.1 Å². The lowest BCUT2D eigenvalue weighted by molar-refractivity contribution is -0.124. The lowest BCUT2D eigenvalue weighted by Gasteiger charge is -2.32. The number of likely N-dealkylation sites (N-methyl/N-ethyl adjacent to an activating group) is 1. The fourth-order valence-electron chi connectivity index (χ4n) is 1.97. The summed E-state index contributed by atoms with van der Waals surface area (Å²) in [6.45, 7) is 6.59. The summed E-state index contributed by atoms with van der Waals surface area (Å²) in [5, 5.41) is 3.25. The highest BCUT2D eigenvalue weighted by Gasteiger charge is 2.33. The molecule has 0 aliphatic heterocycles. The Balaban J connectivity index is 2.43. The van der Waals surface area contributed by atoms with Crippen molar-refractivity contribution in [1.29, 1.82) is 0 Å². The average molecular weight is 227 g/mol. The Morgan fingerprint density at radius 2 is 2.19 bits per heavy atom. The summed E-state index contributed by atoms with van der Waals surface area (Å²) < 4.78 is 0. The van der Waals surface area contributed by atoms with Gasteiger partial charge in [-0.1, -0.05) is 6.92 Å². The van der Waals surface area contributed by atoms with Gasteiger partial charge in [0, 0.05) is 13.1 Å². The van der Waals surface area contributed by atoms with Crippen molar-refractivity contribution in [1.82, 2.24) is 10.2 Å². The maximum absolute atomic E-state index is 11.5. The lowest BCUT2D eigenvalue weighted by atomic mass is 10.0. The van der Waals surface area contributed by atoms with E-state index in [0.29, 0.717) is 6.54 Å². The first-order valence-electron chi connectivity index (χ1n) is 6.21. The van der Waals surface area contributed by atoms with Gasteiger partial charge in [-0.15, -0.1) is 0 Å². The molecular formula is C12H25N3O. The molecule has 1 amide bonds. The van der Waals surface area contributed by atoms with Crippen molar-refractivity contribution in [2.45, 2.75) is 38.6 Å². The number of hydrogen-bond acceptors (Lipinski definition) is 3. The smallest absolute Gasteiger partial charge is 0.238 e. The fourth-order valence-corrected chi connectivity index (χ4v) is 1.97. The zero-order valence-corrected chi connectivity index (χ0v) is 10.8. The highest BCUT2D eigenvalue weighted by molar-refractivity contribution is 5.84. The molecule has 0 saturated heterocycles. The molecule has 0 spiro atoms. The monoisotopic (exact) mass is 227 g/mol. The Hall–Kier alpha value is -0.610. The second kappa shape index (κ2) is 5.64. The van der Waals surface area contributed by atoms with Crippen molar-refractivity contribution >= 4 is 5.91 Å². The number of carbonyl (C=O) groups is 1. The standard InChI is InChI=1S/C12H25N3O/c1-4-7-14-12(2,11(13)16)9-15(3)8-10-5-6-10/h10,14H,4-9H2,1-3H3,(H2,13,16). The van der Waals surface area contributed by atoms with E-state index in [1.807, 2.05) is 6.92 Å². The molecule has 4 nitrogen and oxygen atoms in total. The van der Waals surface area contributed by atoms with Crippen LogP contribution >= 0.6 is 0 Å². The number of nitrogens with zero attached hydrogens (tertiary/aromatic N) is 1. The topological polar surface area (TPSA) is 58.4 Å². The summed E-state index contributed by atoms with van der Waals surface area (Å²) in [6, 6.07) is 0. The van der Waals surface area contributed by atoms with E-state index < -0.39 is 5.54 Å². The maximum atomic E-state index is 11.5. The number of carbonyl (C=O) groups excluding carboxylic acids is 1. The van der Waals surface area contributed by atoms with E-state index in [1.165, 1.54) is 12.8 Å². The van der Waals surface area contributed by atoms with Crippen LogP contribution in [-0.4, -0.2) is 43.0 Å². The van der Waals surface area contributed by atoms with Crippen LogP contribution in [0.3, 0.4) is 0 Å². The van der Waals surface area contributed by atoms with Gasteiger partial charge >= 0.3 is 0 Å². The third-order valence-corrected chi connectivity index (χ3v) is 3.16. The number of rotatable bonds is 8. The van der Waals surface area contributed by atoms with Crippen LogP contribution in [0.4, 0.5) is 0 Å². The number of hydrogen-bond donors (Lipinski definition) is 2. The Morgan fingerprint density at radius 3 is 2.62 bits per heavy atom. The van der Waals surface area contributed by atoms with Crippen LogP contribution in [0.5, 0.6) is 0 Å². The number of primary amides is 1. The third kappa shape index (κ3) is 4.10. The van der Waals surface area contributed by atoms with Crippen molar-refractivity contribution < 1.29 is 4.79 Å². The molecule has 1 fully saturated rings. The minimum absolute atomic E-state index is 0.261. The quantitative estimate of drug-likeness (QED) is 0.637. The number of nitrogens with two attached hydrogens (primary N) is 1. The van der Waals surface area contributed by atoms with Gasteiger partial charge in [0.25, 0.3) is 0 Å². The van der Waals surface area contributed by atoms with Gasteiger partial charge in [0.15, 0.2) is 0 Å². The molecule has 0 aromatic carbocycles. The van der Waals surface area contributed by atoms with Crippen LogP contribution < -0.4 is 11.1 Å². The van der Waals surface area contributed by atoms with Gasteiger partial charge < -0.3 is 16.0 Å². The first kappa shape index (κ1) is 13.5. The van der Waals surface area contributed by atoms with Crippen LogP contribution in [0.15, 0.2) is 0 Å². The Morgan fingerprint density at radius 1 is 1.56 bits per heavy atom. The van der Waals surface area contributed by atoms with E-state index in [2.05, 4.69) is 24.2 Å². The fraction of sp³-hybridized carbons (Fsp3) is 0.917. The molecule has 1 aliphatic rings. The second-order valence-electron chi connectivity index (χ2n) is 5.26. The summed E-state index contributed by atoms with van der Waals surface area (Å²) >= 11 is 0. The van der Waals surface area contributed by atoms with Crippen LogP contribution in [-0.2, 0) is 4.79 Å². The molecule has 4 heteroatoms. The molecule has 0 aromatic heterocycles. The lowest BCUT2D eigenvalue weighted by Crippen LogP contribution is -2.59. The first-order chi connectivity index (χ1) is 7.48. The van der Waals surface area contributed by atoms with Crippen molar-refractivity contribution in [3.05, 3.63) is 0 Å². The van der Waals surface area contributed by atoms with Gasteiger partial charge in [0.1, 0.15) is 5.54 Å². The van der Waals surface area contributed by atoms with Crippen molar-refractivity contribution in [3.63, 3.8) is 0 Å². The van der Waals surface area contributed by atoms with E-state index in [1.54, 1.807) is 0 Å². The summed E-state index contributed by atoms with van der Waals surface area (Å²) in [6.07, 6.45) is 3.68.